The van der Waals surface area contributed by atoms with Crippen LogP contribution in [0.3, 0.4) is 0 Å². The van der Waals surface area contributed by atoms with Gasteiger partial charge in [0.1, 0.15) is 9.71 Å². The lowest BCUT2D eigenvalue weighted by Crippen LogP contribution is -2.05. The Hall–Kier alpha value is -2.78. The molecule has 4 rings (SSSR count). The fourth-order valence-electron chi connectivity index (χ4n) is 2.72. The smallest absolute Gasteiger partial charge is 0.350 e. The number of carbonyl (C=O) groups is 1. The van der Waals surface area contributed by atoms with Crippen LogP contribution in [0.1, 0.15) is 16.6 Å². The van der Waals surface area contributed by atoms with E-state index in [1.165, 1.54) is 11.3 Å². The molecule has 0 fully saturated rings. The normalized spacial score (nSPS) is 11.2. The summed E-state index contributed by atoms with van der Waals surface area (Å²) in [5, 5.41) is 7.58. The number of nitrogens with two attached hydrogens (primary N) is 1. The number of rotatable bonds is 3. The van der Waals surface area contributed by atoms with Crippen LogP contribution >= 0.6 is 23.6 Å². The summed E-state index contributed by atoms with van der Waals surface area (Å²) in [5.74, 6) is -0.0298. The molecule has 25 heavy (non-hydrogen) atoms. The molecular formula is C16H13N5O2S2. The summed E-state index contributed by atoms with van der Waals surface area (Å²) in [6.45, 7) is 2.03. The van der Waals surface area contributed by atoms with E-state index in [2.05, 4.69) is 15.2 Å². The average molecular weight is 371 g/mol. The van der Waals surface area contributed by atoms with Crippen LogP contribution in [-0.4, -0.2) is 32.2 Å². The molecule has 0 saturated heterocycles. The number of benzene rings is 1. The molecule has 3 heterocycles. The van der Waals surface area contributed by atoms with E-state index >= 15 is 0 Å². The number of hydrogen-bond acceptors (Lipinski definition) is 7. The molecular weight excluding hydrogens is 358 g/mol. The summed E-state index contributed by atoms with van der Waals surface area (Å²) < 4.78 is 7.24. The third-order valence-electron chi connectivity index (χ3n) is 3.75. The van der Waals surface area contributed by atoms with Gasteiger partial charge in [0.15, 0.2) is 0 Å². The predicted molar refractivity (Wildman–Crippen MR) is 99.4 cm³/mol. The monoisotopic (exact) mass is 371 g/mol. The molecule has 0 aliphatic carbocycles. The number of nitrogens with one attached hydrogen (secondary N) is 1. The number of aromatic amines is 1. The zero-order valence-electron chi connectivity index (χ0n) is 13.1. The van der Waals surface area contributed by atoms with E-state index in [-0.39, 0.29) is 6.61 Å². The number of carbonyl (C=O) groups excluding carboxylic acids is 1. The maximum absolute atomic E-state index is 12.2. The van der Waals surface area contributed by atoms with Crippen LogP contribution in [0.25, 0.3) is 27.3 Å². The molecule has 3 N–H and O–H groups in total. The van der Waals surface area contributed by atoms with Crippen molar-refractivity contribution in [1.29, 1.82) is 0 Å². The van der Waals surface area contributed by atoms with Gasteiger partial charge in [0.05, 0.1) is 23.4 Å². The summed E-state index contributed by atoms with van der Waals surface area (Å²) in [5.41, 5.74) is 8.31. The summed E-state index contributed by atoms with van der Waals surface area (Å²) in [6, 6.07) is 9.67. The van der Waals surface area contributed by atoms with Gasteiger partial charge in [0, 0.05) is 0 Å². The van der Waals surface area contributed by atoms with Crippen molar-refractivity contribution in [2.24, 2.45) is 0 Å². The lowest BCUT2D eigenvalue weighted by atomic mass is 10.1. The highest BCUT2D eigenvalue weighted by Crippen LogP contribution is 2.39. The highest BCUT2D eigenvalue weighted by Gasteiger charge is 2.24. The Balaban J connectivity index is 2.15. The van der Waals surface area contributed by atoms with E-state index in [1.807, 2.05) is 30.3 Å². The Bertz CT molecular complexity index is 1160. The van der Waals surface area contributed by atoms with Gasteiger partial charge in [-0.2, -0.15) is 4.98 Å². The molecule has 0 aliphatic rings. The summed E-state index contributed by atoms with van der Waals surface area (Å²) >= 11 is 6.55. The second-order valence-corrected chi connectivity index (χ2v) is 6.62. The first-order chi connectivity index (χ1) is 12.1. The molecule has 1 aromatic carbocycles. The van der Waals surface area contributed by atoms with Crippen molar-refractivity contribution in [3.8, 4) is 11.3 Å². The standard InChI is InChI=1S/C16H13N5O2S2/c1-2-23-14(22)12-10(17)9-11(8-6-4-3-5-7-8)21-15(18-13(9)25-12)19-20-16(21)24/h3-7H,2,17H2,1H3,(H,20,24). The number of H-pyrrole nitrogens is 1. The van der Waals surface area contributed by atoms with Crippen molar-refractivity contribution >= 4 is 51.2 Å². The summed E-state index contributed by atoms with van der Waals surface area (Å²) in [6.07, 6.45) is 0. The van der Waals surface area contributed by atoms with E-state index in [1.54, 1.807) is 11.3 Å². The van der Waals surface area contributed by atoms with Crippen molar-refractivity contribution in [1.82, 2.24) is 19.6 Å². The average Bonchev–Trinajstić information content (AvgIpc) is 3.15. The zero-order chi connectivity index (χ0) is 17.6. The van der Waals surface area contributed by atoms with Crippen LogP contribution in [-0.2, 0) is 4.74 Å². The number of ether oxygens (including phenoxy) is 1. The van der Waals surface area contributed by atoms with Gasteiger partial charge in [-0.3, -0.25) is 4.40 Å². The Labute approximate surface area is 151 Å². The fourth-order valence-corrected chi connectivity index (χ4v) is 3.93. The lowest BCUT2D eigenvalue weighted by molar-refractivity contribution is 0.0533. The van der Waals surface area contributed by atoms with Crippen LogP contribution in [0.15, 0.2) is 30.3 Å². The molecule has 0 amide bonds. The second kappa shape index (κ2) is 5.94. The van der Waals surface area contributed by atoms with E-state index < -0.39 is 5.97 Å². The molecule has 9 heteroatoms. The first-order valence-corrected chi connectivity index (χ1v) is 8.76. The quantitative estimate of drug-likeness (QED) is 0.423. The maximum atomic E-state index is 12.2. The molecule has 4 aromatic rings. The van der Waals surface area contributed by atoms with E-state index in [4.69, 9.17) is 22.7 Å². The molecule has 0 bridgehead atoms. The number of esters is 1. The topological polar surface area (TPSA) is 98.3 Å². The van der Waals surface area contributed by atoms with Crippen molar-refractivity contribution in [2.75, 3.05) is 12.3 Å². The van der Waals surface area contributed by atoms with Gasteiger partial charge in [-0.15, -0.1) is 16.4 Å². The number of aromatic nitrogens is 4. The SMILES string of the molecule is CCOC(=O)c1sc2nc3n[nH]c(=S)n3c(-c3ccccc3)c2c1N. The van der Waals surface area contributed by atoms with Crippen molar-refractivity contribution in [3.05, 3.63) is 40.0 Å². The van der Waals surface area contributed by atoms with Crippen LogP contribution in [0.5, 0.6) is 0 Å². The van der Waals surface area contributed by atoms with Gasteiger partial charge >= 0.3 is 5.97 Å². The van der Waals surface area contributed by atoms with Gasteiger partial charge in [-0.1, -0.05) is 30.3 Å². The maximum Gasteiger partial charge on any atom is 0.350 e. The van der Waals surface area contributed by atoms with Gasteiger partial charge in [-0.25, -0.2) is 9.89 Å². The number of thiophene rings is 1. The second-order valence-electron chi connectivity index (χ2n) is 5.24. The Morgan fingerprint density at radius 2 is 2.16 bits per heavy atom. The number of anilines is 1. The van der Waals surface area contributed by atoms with Gasteiger partial charge < -0.3 is 10.5 Å². The highest BCUT2D eigenvalue weighted by atomic mass is 32.1. The molecule has 7 nitrogen and oxygen atoms in total. The minimum atomic E-state index is -0.454. The van der Waals surface area contributed by atoms with Crippen LogP contribution < -0.4 is 5.73 Å². The summed E-state index contributed by atoms with van der Waals surface area (Å²) in [7, 11) is 0. The number of hydrogen-bond donors (Lipinski definition) is 2. The first-order valence-electron chi connectivity index (χ1n) is 7.53. The fraction of sp³-hybridized carbons (Fsp3) is 0.125. The van der Waals surface area contributed by atoms with Crippen molar-refractivity contribution < 1.29 is 9.53 Å². The number of nitrogen functional groups attached to an aromatic ring is 1. The summed E-state index contributed by atoms with van der Waals surface area (Å²) in [4.78, 5) is 17.7. The molecule has 0 radical (unpaired) electrons. The van der Waals surface area contributed by atoms with Gasteiger partial charge in [0.25, 0.3) is 5.78 Å². The zero-order valence-corrected chi connectivity index (χ0v) is 14.8. The van der Waals surface area contributed by atoms with Gasteiger partial charge in [-0.05, 0) is 24.7 Å². The number of fused-ring (bicyclic) bond motifs is 2. The van der Waals surface area contributed by atoms with E-state index in [9.17, 15) is 4.79 Å². The highest BCUT2D eigenvalue weighted by molar-refractivity contribution is 7.71. The molecule has 0 unspecified atom stereocenters. The van der Waals surface area contributed by atoms with E-state index in [0.717, 1.165) is 11.3 Å². The predicted octanol–water partition coefficient (Wildman–Crippen LogP) is 3.43. The van der Waals surface area contributed by atoms with Crippen molar-refractivity contribution in [3.63, 3.8) is 0 Å². The van der Waals surface area contributed by atoms with E-state index in [0.29, 0.717) is 31.3 Å². The Kier molecular flexibility index (Phi) is 3.74. The molecule has 3 aromatic heterocycles. The Morgan fingerprint density at radius 3 is 2.88 bits per heavy atom. The first kappa shape index (κ1) is 15.7. The van der Waals surface area contributed by atoms with Crippen molar-refractivity contribution in [2.45, 2.75) is 6.92 Å². The van der Waals surface area contributed by atoms with Crippen LogP contribution in [0, 0.1) is 4.77 Å². The molecule has 0 spiro atoms. The molecule has 0 atom stereocenters. The third kappa shape index (κ3) is 2.39. The van der Waals surface area contributed by atoms with Crippen LogP contribution in [0.2, 0.25) is 0 Å². The lowest BCUT2D eigenvalue weighted by Gasteiger charge is -2.08. The molecule has 0 saturated carbocycles. The van der Waals surface area contributed by atoms with Crippen LogP contribution in [0.4, 0.5) is 5.69 Å². The van der Waals surface area contributed by atoms with Gasteiger partial charge in [0.2, 0.25) is 4.77 Å². The third-order valence-corrected chi connectivity index (χ3v) is 5.10. The Morgan fingerprint density at radius 1 is 1.40 bits per heavy atom. The molecule has 0 aliphatic heterocycles. The number of nitrogens with zero attached hydrogens (tertiary/aromatic N) is 3. The minimum Gasteiger partial charge on any atom is -0.462 e. The minimum absolute atomic E-state index is 0.278. The largest absolute Gasteiger partial charge is 0.462 e. The molecule has 126 valence electrons.